The normalized spacial score (nSPS) is 25.5. The molecule has 3 heterocycles. The van der Waals surface area contributed by atoms with Crippen molar-refractivity contribution in [1.29, 1.82) is 0 Å². The van der Waals surface area contributed by atoms with Gasteiger partial charge in [0.25, 0.3) is 5.91 Å². The molecule has 0 radical (unpaired) electrons. The molecule has 0 saturated carbocycles. The van der Waals surface area contributed by atoms with Gasteiger partial charge in [-0.1, -0.05) is 42.5 Å². The summed E-state index contributed by atoms with van der Waals surface area (Å²) in [5, 5.41) is 9.65. The molecule has 2 aromatic carbocycles. The van der Waals surface area contributed by atoms with E-state index >= 15 is 0 Å². The first-order valence-electron chi connectivity index (χ1n) is 11.9. The van der Waals surface area contributed by atoms with Gasteiger partial charge in [0.15, 0.2) is 0 Å². The SMILES string of the molecule is O=C1CCC(N2Cc3cc(CNC4CCNCCC4c4ccccc4)ccc3C2=O)C(=O)N1. The lowest BCUT2D eigenvalue weighted by molar-refractivity contribution is -0.136. The molecule has 0 aliphatic carbocycles. The minimum Gasteiger partial charge on any atom is -0.322 e. The number of carbonyl (C=O) groups is 3. The zero-order valence-electron chi connectivity index (χ0n) is 18.7. The molecule has 3 aliphatic heterocycles. The summed E-state index contributed by atoms with van der Waals surface area (Å²) in [7, 11) is 0. The molecule has 2 aromatic rings. The summed E-state index contributed by atoms with van der Waals surface area (Å²) in [5.41, 5.74) is 4.12. The van der Waals surface area contributed by atoms with Crippen molar-refractivity contribution in [3.63, 3.8) is 0 Å². The molecule has 5 rings (SSSR count). The molecule has 3 amide bonds. The van der Waals surface area contributed by atoms with Gasteiger partial charge in [0.05, 0.1) is 0 Å². The number of fused-ring (bicyclic) bond motifs is 1. The van der Waals surface area contributed by atoms with Crippen molar-refractivity contribution in [1.82, 2.24) is 20.9 Å². The van der Waals surface area contributed by atoms with Crippen LogP contribution < -0.4 is 16.0 Å². The predicted octanol–water partition coefficient (Wildman–Crippen LogP) is 2.07. The van der Waals surface area contributed by atoms with Crippen LogP contribution in [-0.2, 0) is 22.7 Å². The van der Waals surface area contributed by atoms with Crippen molar-refractivity contribution < 1.29 is 14.4 Å². The number of piperidine rings is 1. The van der Waals surface area contributed by atoms with Gasteiger partial charge in [-0.2, -0.15) is 0 Å². The lowest BCUT2D eigenvalue weighted by atomic mass is 9.87. The summed E-state index contributed by atoms with van der Waals surface area (Å²) in [6, 6.07) is 16.5. The molecule has 33 heavy (non-hydrogen) atoms. The standard InChI is InChI=1S/C26H30N4O3/c31-24-9-8-23(25(32)29-24)30-16-19-14-17(6-7-21(19)26(30)33)15-28-22-11-13-27-12-10-20(22)18-4-2-1-3-5-18/h1-7,14,20,22-23,27-28H,8-13,15-16H2,(H,29,31,32). The van der Waals surface area contributed by atoms with Gasteiger partial charge in [-0.15, -0.1) is 0 Å². The average molecular weight is 447 g/mol. The minimum absolute atomic E-state index is 0.127. The van der Waals surface area contributed by atoms with Crippen LogP contribution in [0.25, 0.3) is 0 Å². The van der Waals surface area contributed by atoms with Gasteiger partial charge in [0.2, 0.25) is 11.8 Å². The highest BCUT2D eigenvalue weighted by Crippen LogP contribution is 2.29. The van der Waals surface area contributed by atoms with E-state index in [1.807, 2.05) is 12.1 Å². The van der Waals surface area contributed by atoms with E-state index in [2.05, 4.69) is 52.3 Å². The Hall–Kier alpha value is -3.03. The molecule has 172 valence electrons. The molecule has 3 atom stereocenters. The van der Waals surface area contributed by atoms with Gasteiger partial charge in [0, 0.05) is 37.0 Å². The highest BCUT2D eigenvalue weighted by atomic mass is 16.2. The largest absolute Gasteiger partial charge is 0.322 e. The van der Waals surface area contributed by atoms with Crippen LogP contribution in [0.5, 0.6) is 0 Å². The van der Waals surface area contributed by atoms with E-state index < -0.39 is 6.04 Å². The lowest BCUT2D eigenvalue weighted by Gasteiger charge is -2.29. The summed E-state index contributed by atoms with van der Waals surface area (Å²) < 4.78 is 0. The molecule has 2 saturated heterocycles. The van der Waals surface area contributed by atoms with Crippen molar-refractivity contribution in [2.24, 2.45) is 0 Å². The molecule has 0 aromatic heterocycles. The average Bonchev–Trinajstić information content (AvgIpc) is 2.98. The minimum atomic E-state index is -0.575. The lowest BCUT2D eigenvalue weighted by Crippen LogP contribution is -2.52. The van der Waals surface area contributed by atoms with E-state index in [0.29, 0.717) is 30.5 Å². The molecule has 7 nitrogen and oxygen atoms in total. The predicted molar refractivity (Wildman–Crippen MR) is 124 cm³/mol. The first-order chi connectivity index (χ1) is 16.1. The van der Waals surface area contributed by atoms with Crippen LogP contribution in [0.2, 0.25) is 0 Å². The van der Waals surface area contributed by atoms with Crippen molar-refractivity contribution in [2.45, 2.75) is 56.8 Å². The van der Waals surface area contributed by atoms with Crippen LogP contribution in [-0.4, -0.2) is 47.8 Å². The Morgan fingerprint density at radius 3 is 2.61 bits per heavy atom. The fourth-order valence-electron chi connectivity index (χ4n) is 5.37. The summed E-state index contributed by atoms with van der Waals surface area (Å²) in [5.74, 6) is -0.308. The maximum absolute atomic E-state index is 12.9. The number of nitrogens with one attached hydrogen (secondary N) is 3. The van der Waals surface area contributed by atoms with Crippen molar-refractivity contribution in [3.8, 4) is 0 Å². The van der Waals surface area contributed by atoms with Crippen LogP contribution in [0.4, 0.5) is 0 Å². The van der Waals surface area contributed by atoms with Crippen molar-refractivity contribution in [3.05, 3.63) is 70.8 Å². The zero-order valence-corrected chi connectivity index (χ0v) is 18.7. The fourth-order valence-corrected chi connectivity index (χ4v) is 5.37. The number of nitrogens with zero attached hydrogens (tertiary/aromatic N) is 1. The van der Waals surface area contributed by atoms with Gasteiger partial charge >= 0.3 is 0 Å². The van der Waals surface area contributed by atoms with Crippen LogP contribution in [0.3, 0.4) is 0 Å². The first-order valence-corrected chi connectivity index (χ1v) is 11.9. The Balaban J connectivity index is 1.27. The number of hydrogen-bond donors (Lipinski definition) is 3. The zero-order chi connectivity index (χ0) is 22.8. The second-order valence-electron chi connectivity index (χ2n) is 9.22. The summed E-state index contributed by atoms with van der Waals surface area (Å²) >= 11 is 0. The molecule has 3 unspecified atom stereocenters. The highest BCUT2D eigenvalue weighted by Gasteiger charge is 2.39. The van der Waals surface area contributed by atoms with Crippen LogP contribution in [0.1, 0.15) is 58.6 Å². The van der Waals surface area contributed by atoms with Crippen molar-refractivity contribution in [2.75, 3.05) is 13.1 Å². The van der Waals surface area contributed by atoms with Gasteiger partial charge < -0.3 is 15.5 Å². The third-order valence-corrected chi connectivity index (χ3v) is 7.13. The van der Waals surface area contributed by atoms with E-state index in [4.69, 9.17) is 0 Å². The molecule has 2 fully saturated rings. The van der Waals surface area contributed by atoms with Crippen LogP contribution in [0.15, 0.2) is 48.5 Å². The Morgan fingerprint density at radius 1 is 0.970 bits per heavy atom. The molecule has 3 aliphatic rings. The third-order valence-electron chi connectivity index (χ3n) is 7.13. The first kappa shape index (κ1) is 21.8. The van der Waals surface area contributed by atoms with Gasteiger partial charge in [-0.3, -0.25) is 19.7 Å². The Bertz CT molecular complexity index is 1050. The Morgan fingerprint density at radius 2 is 1.79 bits per heavy atom. The molecular weight excluding hydrogens is 416 g/mol. The van der Waals surface area contributed by atoms with E-state index in [0.717, 1.165) is 43.6 Å². The highest BCUT2D eigenvalue weighted by molar-refractivity contribution is 6.05. The maximum atomic E-state index is 12.9. The Labute approximate surface area is 193 Å². The smallest absolute Gasteiger partial charge is 0.255 e. The quantitative estimate of drug-likeness (QED) is 0.612. The topological polar surface area (TPSA) is 90.5 Å². The second-order valence-corrected chi connectivity index (χ2v) is 9.22. The van der Waals surface area contributed by atoms with Gasteiger partial charge in [-0.25, -0.2) is 0 Å². The van der Waals surface area contributed by atoms with Crippen LogP contribution in [0, 0.1) is 0 Å². The Kier molecular flexibility index (Phi) is 6.24. The van der Waals surface area contributed by atoms with Crippen LogP contribution >= 0.6 is 0 Å². The number of rotatable bonds is 5. The summed E-state index contributed by atoms with van der Waals surface area (Å²) in [4.78, 5) is 38.3. The number of imide groups is 1. The molecule has 3 N–H and O–H groups in total. The molecular formula is C26H30N4O3. The van der Waals surface area contributed by atoms with E-state index in [1.54, 1.807) is 4.90 Å². The van der Waals surface area contributed by atoms with E-state index in [-0.39, 0.29) is 24.1 Å². The number of benzene rings is 2. The van der Waals surface area contributed by atoms with E-state index in [9.17, 15) is 14.4 Å². The fraction of sp³-hybridized carbons (Fsp3) is 0.423. The van der Waals surface area contributed by atoms with Gasteiger partial charge in [-0.05, 0) is 55.1 Å². The summed E-state index contributed by atoms with van der Waals surface area (Å²) in [6.07, 6.45) is 2.81. The molecule has 7 heteroatoms. The summed E-state index contributed by atoms with van der Waals surface area (Å²) in [6.45, 7) is 3.16. The monoisotopic (exact) mass is 446 g/mol. The van der Waals surface area contributed by atoms with E-state index in [1.165, 1.54) is 5.56 Å². The number of hydrogen-bond acceptors (Lipinski definition) is 5. The number of amides is 3. The third kappa shape index (κ3) is 4.56. The molecule has 0 bridgehead atoms. The molecule has 0 spiro atoms. The van der Waals surface area contributed by atoms with Gasteiger partial charge in [0.1, 0.15) is 6.04 Å². The van der Waals surface area contributed by atoms with Crippen molar-refractivity contribution >= 4 is 17.7 Å². The number of carbonyl (C=O) groups excluding carboxylic acids is 3. The second kappa shape index (κ2) is 9.45. The maximum Gasteiger partial charge on any atom is 0.255 e.